The minimum Gasteiger partial charge on any atom is -0.491 e. The molecule has 2 N–H and O–H groups in total. The first kappa shape index (κ1) is 22.6. The Morgan fingerprint density at radius 3 is 2.59 bits per heavy atom. The van der Waals surface area contributed by atoms with E-state index in [-0.39, 0.29) is 13.2 Å². The van der Waals surface area contributed by atoms with Gasteiger partial charge in [0.05, 0.1) is 10.0 Å². The first-order chi connectivity index (χ1) is 14.1. The Balaban J connectivity index is 1.46. The SMILES string of the molecule is CCCc1c(OCC(O)COc2ccc(CC3CNCS3)cc2)ccc(Cl)c1Cl. The summed E-state index contributed by atoms with van der Waals surface area (Å²) in [7, 11) is 0. The van der Waals surface area contributed by atoms with Gasteiger partial charge in [-0.15, -0.1) is 11.8 Å². The molecule has 0 amide bonds. The van der Waals surface area contributed by atoms with E-state index in [1.165, 1.54) is 5.56 Å². The summed E-state index contributed by atoms with van der Waals surface area (Å²) in [5.41, 5.74) is 2.17. The Hall–Kier alpha value is -1.11. The molecular formula is C22H27Cl2NO3S. The molecule has 2 unspecified atom stereocenters. The molecule has 4 nitrogen and oxygen atoms in total. The summed E-state index contributed by atoms with van der Waals surface area (Å²) in [4.78, 5) is 0. The molecule has 1 saturated heterocycles. The third-order valence-electron chi connectivity index (χ3n) is 4.71. The van der Waals surface area contributed by atoms with Crippen LogP contribution < -0.4 is 14.8 Å². The summed E-state index contributed by atoms with van der Waals surface area (Å²) in [6.07, 6.45) is 1.99. The molecule has 29 heavy (non-hydrogen) atoms. The van der Waals surface area contributed by atoms with Crippen molar-refractivity contribution >= 4 is 35.0 Å². The van der Waals surface area contributed by atoms with Crippen molar-refractivity contribution in [2.45, 2.75) is 37.5 Å². The molecule has 2 aromatic carbocycles. The van der Waals surface area contributed by atoms with E-state index in [9.17, 15) is 5.11 Å². The third kappa shape index (κ3) is 6.69. The van der Waals surface area contributed by atoms with Gasteiger partial charge in [-0.2, -0.15) is 0 Å². The number of hydrogen-bond donors (Lipinski definition) is 2. The van der Waals surface area contributed by atoms with Gasteiger partial charge in [0.15, 0.2) is 0 Å². The Morgan fingerprint density at radius 1 is 1.14 bits per heavy atom. The maximum Gasteiger partial charge on any atom is 0.124 e. The van der Waals surface area contributed by atoms with Crippen LogP contribution in [0.4, 0.5) is 0 Å². The molecule has 1 fully saturated rings. The lowest BCUT2D eigenvalue weighted by Crippen LogP contribution is -2.25. The van der Waals surface area contributed by atoms with Crippen molar-refractivity contribution in [1.82, 2.24) is 5.32 Å². The predicted molar refractivity (Wildman–Crippen MR) is 122 cm³/mol. The summed E-state index contributed by atoms with van der Waals surface area (Å²) < 4.78 is 11.5. The molecular weight excluding hydrogens is 429 g/mol. The average Bonchev–Trinajstić information content (AvgIpc) is 3.23. The largest absolute Gasteiger partial charge is 0.491 e. The number of nitrogens with one attached hydrogen (secondary N) is 1. The van der Waals surface area contributed by atoms with Crippen LogP contribution in [0.3, 0.4) is 0 Å². The molecule has 0 radical (unpaired) electrons. The van der Waals surface area contributed by atoms with Crippen molar-refractivity contribution in [3.63, 3.8) is 0 Å². The van der Waals surface area contributed by atoms with Crippen LogP contribution in [0, 0.1) is 0 Å². The lowest BCUT2D eigenvalue weighted by molar-refractivity contribution is 0.0623. The normalized spacial score (nSPS) is 17.3. The molecule has 1 aliphatic heterocycles. The van der Waals surface area contributed by atoms with Crippen LogP contribution in [0.1, 0.15) is 24.5 Å². The zero-order valence-electron chi connectivity index (χ0n) is 16.5. The first-order valence-corrected chi connectivity index (χ1v) is 11.7. The number of benzene rings is 2. The molecule has 0 saturated carbocycles. The third-order valence-corrected chi connectivity index (χ3v) is 6.73. The number of halogens is 2. The van der Waals surface area contributed by atoms with Crippen LogP contribution in [-0.4, -0.2) is 42.1 Å². The van der Waals surface area contributed by atoms with Gasteiger partial charge >= 0.3 is 0 Å². The van der Waals surface area contributed by atoms with Crippen LogP contribution in [0.2, 0.25) is 10.0 Å². The number of thioether (sulfide) groups is 1. The number of aliphatic hydroxyl groups is 1. The highest BCUT2D eigenvalue weighted by atomic mass is 35.5. The zero-order valence-corrected chi connectivity index (χ0v) is 18.8. The van der Waals surface area contributed by atoms with Crippen molar-refractivity contribution < 1.29 is 14.6 Å². The molecule has 3 rings (SSSR count). The fourth-order valence-electron chi connectivity index (χ4n) is 3.19. The van der Waals surface area contributed by atoms with E-state index in [2.05, 4.69) is 24.4 Å². The Kier molecular flexibility index (Phi) is 8.82. The highest BCUT2D eigenvalue weighted by molar-refractivity contribution is 8.00. The van der Waals surface area contributed by atoms with E-state index in [1.807, 2.05) is 23.9 Å². The molecule has 158 valence electrons. The van der Waals surface area contributed by atoms with E-state index in [0.29, 0.717) is 21.0 Å². The van der Waals surface area contributed by atoms with Gasteiger partial charge in [-0.1, -0.05) is 48.7 Å². The zero-order chi connectivity index (χ0) is 20.6. The number of aliphatic hydroxyl groups excluding tert-OH is 1. The number of rotatable bonds is 10. The van der Waals surface area contributed by atoms with Crippen molar-refractivity contribution in [1.29, 1.82) is 0 Å². The standard InChI is InChI=1S/C22H27Cl2NO3S/c1-2-3-19-21(9-8-20(23)22(19)24)28-13-16(26)12-27-17-6-4-15(5-7-17)10-18-11-25-14-29-18/h4-9,16,18,25-26H,2-3,10-14H2,1H3. The molecule has 0 aliphatic carbocycles. The monoisotopic (exact) mass is 455 g/mol. The fourth-order valence-corrected chi connectivity index (χ4v) is 4.64. The first-order valence-electron chi connectivity index (χ1n) is 9.88. The van der Waals surface area contributed by atoms with Gasteiger partial charge in [0.2, 0.25) is 0 Å². The molecule has 2 aromatic rings. The van der Waals surface area contributed by atoms with Crippen molar-refractivity contribution in [3.05, 3.63) is 57.6 Å². The van der Waals surface area contributed by atoms with Gasteiger partial charge in [-0.3, -0.25) is 0 Å². The van der Waals surface area contributed by atoms with Crippen molar-refractivity contribution in [2.24, 2.45) is 0 Å². The molecule has 0 spiro atoms. The summed E-state index contributed by atoms with van der Waals surface area (Å²) in [5.74, 6) is 2.43. The van der Waals surface area contributed by atoms with E-state index in [0.717, 1.165) is 43.0 Å². The summed E-state index contributed by atoms with van der Waals surface area (Å²) in [6.45, 7) is 3.41. The lowest BCUT2D eigenvalue weighted by Gasteiger charge is -2.17. The second-order valence-corrected chi connectivity index (χ2v) is 9.17. The van der Waals surface area contributed by atoms with Gasteiger partial charge in [0.25, 0.3) is 0 Å². The molecule has 1 aliphatic rings. The second kappa shape index (κ2) is 11.3. The highest BCUT2D eigenvalue weighted by Gasteiger charge is 2.16. The van der Waals surface area contributed by atoms with E-state index >= 15 is 0 Å². The lowest BCUT2D eigenvalue weighted by atomic mass is 10.1. The Bertz CT molecular complexity index is 782. The van der Waals surface area contributed by atoms with Crippen LogP contribution in [0.15, 0.2) is 36.4 Å². The van der Waals surface area contributed by atoms with Crippen molar-refractivity contribution in [3.8, 4) is 11.5 Å². The van der Waals surface area contributed by atoms with E-state index in [4.69, 9.17) is 32.7 Å². The fraction of sp³-hybridized carbons (Fsp3) is 0.455. The quantitative estimate of drug-likeness (QED) is 0.529. The molecule has 2 atom stereocenters. The summed E-state index contributed by atoms with van der Waals surface area (Å²) in [5, 5.41) is 15.3. The smallest absolute Gasteiger partial charge is 0.124 e. The van der Waals surface area contributed by atoms with Gasteiger partial charge in [-0.25, -0.2) is 0 Å². The topological polar surface area (TPSA) is 50.7 Å². The van der Waals surface area contributed by atoms with Crippen LogP contribution in [0.5, 0.6) is 11.5 Å². The van der Waals surface area contributed by atoms with Crippen LogP contribution in [0.25, 0.3) is 0 Å². The van der Waals surface area contributed by atoms with Gasteiger partial charge < -0.3 is 19.9 Å². The highest BCUT2D eigenvalue weighted by Crippen LogP contribution is 2.34. The van der Waals surface area contributed by atoms with Gasteiger partial charge in [-0.05, 0) is 42.7 Å². The average molecular weight is 456 g/mol. The summed E-state index contributed by atoms with van der Waals surface area (Å²) >= 11 is 14.4. The number of ether oxygens (including phenoxy) is 2. The number of hydrogen-bond acceptors (Lipinski definition) is 5. The maximum atomic E-state index is 10.2. The second-order valence-electron chi connectivity index (χ2n) is 7.10. The molecule has 0 aromatic heterocycles. The molecule has 1 heterocycles. The van der Waals surface area contributed by atoms with E-state index in [1.54, 1.807) is 12.1 Å². The maximum absolute atomic E-state index is 10.2. The van der Waals surface area contributed by atoms with Gasteiger partial charge in [0.1, 0.15) is 30.8 Å². The minimum absolute atomic E-state index is 0.124. The van der Waals surface area contributed by atoms with Crippen LogP contribution >= 0.6 is 35.0 Å². The molecule has 7 heteroatoms. The van der Waals surface area contributed by atoms with Gasteiger partial charge in [0, 0.05) is 23.2 Å². The Labute approximate surface area is 186 Å². The molecule has 0 bridgehead atoms. The summed E-state index contributed by atoms with van der Waals surface area (Å²) in [6, 6.07) is 11.6. The van der Waals surface area contributed by atoms with E-state index < -0.39 is 6.10 Å². The Morgan fingerprint density at radius 2 is 1.90 bits per heavy atom. The minimum atomic E-state index is -0.750. The van der Waals surface area contributed by atoms with Crippen molar-refractivity contribution in [2.75, 3.05) is 25.6 Å². The van der Waals surface area contributed by atoms with Crippen LogP contribution in [-0.2, 0) is 12.8 Å². The predicted octanol–water partition coefficient (Wildman–Crippen LogP) is 4.97.